The number of likely N-dealkylation sites (tertiary alicyclic amines) is 1. The van der Waals surface area contributed by atoms with Gasteiger partial charge in [0, 0.05) is 12.6 Å². The van der Waals surface area contributed by atoms with E-state index in [0.29, 0.717) is 22.9 Å². The lowest BCUT2D eigenvalue weighted by atomic mass is 9.65. The molecule has 2 aliphatic carbocycles. The minimum atomic E-state index is 0.0712. The first-order valence-corrected chi connectivity index (χ1v) is 9.15. The molecule has 2 saturated heterocycles. The Morgan fingerprint density at radius 2 is 2.12 bits per heavy atom. The zero-order chi connectivity index (χ0) is 17.4. The molecule has 25 heavy (non-hydrogen) atoms. The highest BCUT2D eigenvalue weighted by atomic mass is 16.7. The third-order valence-electron chi connectivity index (χ3n) is 6.11. The van der Waals surface area contributed by atoms with E-state index < -0.39 is 0 Å². The first kappa shape index (κ1) is 15.2. The van der Waals surface area contributed by atoms with Crippen LogP contribution in [0.15, 0.2) is 39.9 Å². The van der Waals surface area contributed by atoms with Crippen LogP contribution in [0.2, 0.25) is 0 Å². The van der Waals surface area contributed by atoms with Crippen molar-refractivity contribution >= 4 is 11.6 Å². The van der Waals surface area contributed by atoms with Crippen LogP contribution in [0, 0.1) is 10.8 Å². The van der Waals surface area contributed by atoms with Crippen LogP contribution in [-0.4, -0.2) is 35.9 Å². The van der Waals surface area contributed by atoms with Gasteiger partial charge in [0.05, 0.1) is 0 Å². The normalized spacial score (nSPS) is 34.6. The first-order chi connectivity index (χ1) is 11.8. The average molecular weight is 340 g/mol. The van der Waals surface area contributed by atoms with Crippen molar-refractivity contribution in [3.63, 3.8) is 0 Å². The number of ether oxygens (including phenoxy) is 2. The van der Waals surface area contributed by atoms with Gasteiger partial charge in [-0.25, -0.2) is 4.99 Å². The van der Waals surface area contributed by atoms with Gasteiger partial charge in [0.25, 0.3) is 5.91 Å². The van der Waals surface area contributed by atoms with Crippen LogP contribution < -0.4 is 0 Å². The van der Waals surface area contributed by atoms with Gasteiger partial charge < -0.3 is 14.4 Å². The molecule has 0 N–H and O–H groups in total. The lowest BCUT2D eigenvalue weighted by Gasteiger charge is -2.39. The molecule has 0 radical (unpaired) electrons. The minimum absolute atomic E-state index is 0.0712. The second-order valence-electron chi connectivity index (χ2n) is 9.17. The van der Waals surface area contributed by atoms with Crippen molar-refractivity contribution in [3.8, 4) is 0 Å². The summed E-state index contributed by atoms with van der Waals surface area (Å²) in [6.45, 7) is 8.06. The van der Waals surface area contributed by atoms with Gasteiger partial charge in [0.2, 0.25) is 6.79 Å². The maximum atomic E-state index is 13.2. The Kier molecular flexibility index (Phi) is 2.91. The summed E-state index contributed by atoms with van der Waals surface area (Å²) < 4.78 is 11.0. The number of fused-ring (bicyclic) bond motifs is 4. The van der Waals surface area contributed by atoms with E-state index in [9.17, 15) is 4.79 Å². The molecule has 3 fully saturated rings. The molecule has 0 aromatic rings. The number of nitrogens with zero attached hydrogens (tertiary/aromatic N) is 2. The average Bonchev–Trinajstić information content (AvgIpc) is 3.19. The van der Waals surface area contributed by atoms with Crippen molar-refractivity contribution in [1.82, 2.24) is 4.90 Å². The lowest BCUT2D eigenvalue weighted by Crippen LogP contribution is -2.40. The van der Waals surface area contributed by atoms with Crippen LogP contribution >= 0.6 is 0 Å². The standard InChI is InChI=1S/C20H24N2O3/c1-19(2)7-13-8-20(3,9-19)10-22(13)18(23)14-6-12-4-5-15-17(16(12)21-14)25-11-24-15/h5-6,13H,4,7-11H2,1-3H3. The van der Waals surface area contributed by atoms with Crippen LogP contribution in [0.4, 0.5) is 0 Å². The van der Waals surface area contributed by atoms with Crippen molar-refractivity contribution in [1.29, 1.82) is 0 Å². The highest BCUT2D eigenvalue weighted by Gasteiger charge is 2.51. The van der Waals surface area contributed by atoms with E-state index in [1.165, 1.54) is 6.42 Å². The fourth-order valence-corrected chi connectivity index (χ4v) is 5.59. The van der Waals surface area contributed by atoms with Gasteiger partial charge >= 0.3 is 0 Å². The molecule has 5 rings (SSSR count). The molecule has 132 valence electrons. The van der Waals surface area contributed by atoms with Gasteiger partial charge in [-0.15, -0.1) is 0 Å². The maximum absolute atomic E-state index is 13.2. The zero-order valence-corrected chi connectivity index (χ0v) is 15.1. The molecule has 1 saturated carbocycles. The molecular formula is C20H24N2O3. The summed E-state index contributed by atoms with van der Waals surface area (Å²) in [5.41, 5.74) is 2.93. The second kappa shape index (κ2) is 4.77. The molecule has 0 spiro atoms. The SMILES string of the molecule is CC1(C)CC2CC(C)(CN2C(=O)C2=NC3=C4OCOC4=CCC3=C2)C1. The molecular weight excluding hydrogens is 316 g/mol. The Morgan fingerprint density at radius 1 is 1.28 bits per heavy atom. The zero-order valence-electron chi connectivity index (χ0n) is 15.1. The fourth-order valence-electron chi connectivity index (χ4n) is 5.59. The lowest BCUT2D eigenvalue weighted by molar-refractivity contribution is -0.125. The summed E-state index contributed by atoms with van der Waals surface area (Å²) >= 11 is 0. The van der Waals surface area contributed by atoms with Crippen molar-refractivity contribution < 1.29 is 14.3 Å². The smallest absolute Gasteiger partial charge is 0.272 e. The van der Waals surface area contributed by atoms with Gasteiger partial charge in [-0.05, 0) is 54.2 Å². The number of hydrogen-bond donors (Lipinski definition) is 0. The Labute approximate surface area is 148 Å². The Balaban J connectivity index is 1.44. The van der Waals surface area contributed by atoms with E-state index in [1.807, 2.05) is 12.2 Å². The fraction of sp³-hybridized carbons (Fsp3) is 0.600. The molecule has 1 amide bonds. The quantitative estimate of drug-likeness (QED) is 0.736. The molecule has 3 aliphatic heterocycles. The summed E-state index contributed by atoms with van der Waals surface area (Å²) in [4.78, 5) is 19.9. The third kappa shape index (κ3) is 2.28. The monoisotopic (exact) mass is 340 g/mol. The maximum Gasteiger partial charge on any atom is 0.272 e. The van der Waals surface area contributed by atoms with E-state index in [-0.39, 0.29) is 18.1 Å². The van der Waals surface area contributed by atoms with Gasteiger partial charge in [0.1, 0.15) is 11.4 Å². The van der Waals surface area contributed by atoms with Crippen LogP contribution in [0.5, 0.6) is 0 Å². The van der Waals surface area contributed by atoms with Crippen LogP contribution in [-0.2, 0) is 14.3 Å². The number of hydrogen-bond acceptors (Lipinski definition) is 4. The Hall–Kier alpha value is -2.04. The summed E-state index contributed by atoms with van der Waals surface area (Å²) in [7, 11) is 0. The number of aliphatic imine (C=N–C) groups is 1. The highest BCUT2D eigenvalue weighted by molar-refractivity contribution is 6.44. The van der Waals surface area contributed by atoms with Gasteiger partial charge in [-0.2, -0.15) is 0 Å². The first-order valence-electron chi connectivity index (χ1n) is 9.15. The minimum Gasteiger partial charge on any atom is -0.454 e. The predicted molar refractivity (Wildman–Crippen MR) is 93.5 cm³/mol. The Morgan fingerprint density at radius 3 is 2.96 bits per heavy atom. The van der Waals surface area contributed by atoms with Gasteiger partial charge in [-0.3, -0.25) is 4.79 Å². The number of amides is 1. The molecule has 3 heterocycles. The van der Waals surface area contributed by atoms with E-state index in [1.54, 1.807) is 0 Å². The third-order valence-corrected chi connectivity index (χ3v) is 6.11. The molecule has 2 bridgehead atoms. The van der Waals surface area contributed by atoms with E-state index in [0.717, 1.165) is 42.8 Å². The molecule has 0 aromatic heterocycles. The van der Waals surface area contributed by atoms with Crippen molar-refractivity contribution in [2.24, 2.45) is 15.8 Å². The van der Waals surface area contributed by atoms with E-state index >= 15 is 0 Å². The topological polar surface area (TPSA) is 51.1 Å². The van der Waals surface area contributed by atoms with Gasteiger partial charge in [-0.1, -0.05) is 20.8 Å². The van der Waals surface area contributed by atoms with Crippen LogP contribution in [0.25, 0.3) is 0 Å². The summed E-state index contributed by atoms with van der Waals surface area (Å²) in [5, 5.41) is 0. The van der Waals surface area contributed by atoms with Gasteiger partial charge in [0.15, 0.2) is 11.5 Å². The predicted octanol–water partition coefficient (Wildman–Crippen LogP) is 3.30. The molecule has 5 nitrogen and oxygen atoms in total. The number of carbonyl (C=O) groups excluding carboxylic acids is 1. The molecule has 2 unspecified atom stereocenters. The highest BCUT2D eigenvalue weighted by Crippen LogP contribution is 2.52. The summed E-state index contributed by atoms with van der Waals surface area (Å²) in [5.74, 6) is 1.52. The molecule has 0 aromatic carbocycles. The number of rotatable bonds is 1. The molecule has 5 aliphatic rings. The number of carbonyl (C=O) groups is 1. The molecule has 2 atom stereocenters. The molecule has 5 heteroatoms. The van der Waals surface area contributed by atoms with E-state index in [2.05, 4.69) is 30.7 Å². The van der Waals surface area contributed by atoms with Crippen molar-refractivity contribution in [2.75, 3.05) is 13.3 Å². The Bertz CT molecular complexity index is 802. The second-order valence-corrected chi connectivity index (χ2v) is 9.17. The van der Waals surface area contributed by atoms with Crippen molar-refractivity contribution in [2.45, 2.75) is 52.5 Å². The van der Waals surface area contributed by atoms with Crippen LogP contribution in [0.1, 0.15) is 46.5 Å². The largest absolute Gasteiger partial charge is 0.454 e. The summed E-state index contributed by atoms with van der Waals surface area (Å²) in [6.07, 6.45) is 8.06. The van der Waals surface area contributed by atoms with E-state index in [4.69, 9.17) is 9.47 Å². The number of allylic oxidation sites excluding steroid dienone is 2. The summed E-state index contributed by atoms with van der Waals surface area (Å²) in [6, 6.07) is 0.336. The van der Waals surface area contributed by atoms with Crippen molar-refractivity contribution in [3.05, 3.63) is 34.9 Å². The van der Waals surface area contributed by atoms with Crippen LogP contribution in [0.3, 0.4) is 0 Å².